The predicted octanol–water partition coefficient (Wildman–Crippen LogP) is 2.25. The van der Waals surface area contributed by atoms with Crippen LogP contribution in [0, 0.1) is 17.5 Å². The third-order valence-electron chi connectivity index (χ3n) is 5.48. The van der Waals surface area contributed by atoms with E-state index in [-0.39, 0.29) is 11.4 Å². The second-order valence-electron chi connectivity index (χ2n) is 7.60. The standard InChI is InChI=1S/C22H25F3N4O4S/c1-3-29(4-2)34(32,33)15-5-8-18-14(11-15)9-10-28(18)13-20(31)26-12-19(30)27-17-7-6-16(23)21(24)22(17)25/h5-8,11H,3-4,9-10,12-13H2,1-2H3,(H,26,31)(H,27,30). The predicted molar refractivity (Wildman–Crippen MR) is 120 cm³/mol. The van der Waals surface area contributed by atoms with Gasteiger partial charge in [0.05, 0.1) is 23.7 Å². The molecule has 12 heteroatoms. The van der Waals surface area contributed by atoms with Gasteiger partial charge in [0.25, 0.3) is 0 Å². The number of benzene rings is 2. The Kier molecular flexibility index (Phi) is 7.82. The van der Waals surface area contributed by atoms with Gasteiger partial charge in [0.2, 0.25) is 21.8 Å². The normalized spacial score (nSPS) is 13.2. The van der Waals surface area contributed by atoms with Gasteiger partial charge in [-0.1, -0.05) is 13.8 Å². The Bertz CT molecular complexity index is 1200. The number of hydrogen-bond donors (Lipinski definition) is 2. The average molecular weight is 499 g/mol. The maximum atomic E-state index is 13.7. The van der Waals surface area contributed by atoms with Crippen LogP contribution < -0.4 is 15.5 Å². The fraction of sp³-hybridized carbons (Fsp3) is 0.364. The van der Waals surface area contributed by atoms with E-state index in [1.54, 1.807) is 30.9 Å². The Hall–Kier alpha value is -3.12. The van der Waals surface area contributed by atoms with Crippen LogP contribution in [0.5, 0.6) is 0 Å². The van der Waals surface area contributed by atoms with E-state index in [4.69, 9.17) is 0 Å². The Morgan fingerprint density at radius 1 is 1.03 bits per heavy atom. The first kappa shape index (κ1) is 25.5. The topological polar surface area (TPSA) is 98.8 Å². The van der Waals surface area contributed by atoms with E-state index in [0.717, 1.165) is 17.3 Å². The molecule has 0 bridgehead atoms. The van der Waals surface area contributed by atoms with Crippen molar-refractivity contribution in [3.63, 3.8) is 0 Å². The molecule has 2 amide bonds. The molecule has 0 saturated heterocycles. The summed E-state index contributed by atoms with van der Waals surface area (Å²) in [5.41, 5.74) is 0.983. The molecule has 1 aliphatic rings. The quantitative estimate of drug-likeness (QED) is 0.517. The number of rotatable bonds is 9. The van der Waals surface area contributed by atoms with Crippen molar-refractivity contribution in [1.29, 1.82) is 0 Å². The summed E-state index contributed by atoms with van der Waals surface area (Å²) in [4.78, 5) is 26.2. The number of hydrogen-bond acceptors (Lipinski definition) is 5. The van der Waals surface area contributed by atoms with Crippen molar-refractivity contribution in [2.24, 2.45) is 0 Å². The summed E-state index contributed by atoms with van der Waals surface area (Å²) in [7, 11) is -3.60. The van der Waals surface area contributed by atoms with Crippen LogP contribution in [0.4, 0.5) is 24.5 Å². The van der Waals surface area contributed by atoms with Crippen molar-refractivity contribution in [2.45, 2.75) is 25.2 Å². The van der Waals surface area contributed by atoms with Crippen molar-refractivity contribution in [3.8, 4) is 0 Å². The van der Waals surface area contributed by atoms with Gasteiger partial charge in [0, 0.05) is 25.3 Å². The summed E-state index contributed by atoms with van der Waals surface area (Å²) in [5, 5.41) is 4.46. The maximum absolute atomic E-state index is 13.7. The number of amides is 2. The highest BCUT2D eigenvalue weighted by atomic mass is 32.2. The van der Waals surface area contributed by atoms with Gasteiger partial charge in [0.1, 0.15) is 0 Å². The van der Waals surface area contributed by atoms with Crippen LogP contribution in [0.15, 0.2) is 35.2 Å². The first-order valence-electron chi connectivity index (χ1n) is 10.7. The molecule has 0 aromatic heterocycles. The summed E-state index contributed by atoms with van der Waals surface area (Å²) >= 11 is 0. The van der Waals surface area contributed by atoms with Gasteiger partial charge in [-0.05, 0) is 42.3 Å². The molecule has 184 valence electrons. The van der Waals surface area contributed by atoms with E-state index >= 15 is 0 Å². The molecule has 1 aliphatic heterocycles. The van der Waals surface area contributed by atoms with Crippen LogP contribution in [-0.2, 0) is 26.0 Å². The highest BCUT2D eigenvalue weighted by Gasteiger charge is 2.26. The molecule has 1 heterocycles. The number of sulfonamides is 1. The average Bonchev–Trinajstić information content (AvgIpc) is 3.20. The molecule has 2 aromatic rings. The van der Waals surface area contributed by atoms with Gasteiger partial charge < -0.3 is 15.5 Å². The summed E-state index contributed by atoms with van der Waals surface area (Å²) < 4.78 is 66.7. The Labute approximate surface area is 195 Å². The molecular formula is C22H25F3N4O4S. The molecule has 0 spiro atoms. The number of fused-ring (bicyclic) bond motifs is 1. The lowest BCUT2D eigenvalue weighted by Gasteiger charge is -2.21. The SMILES string of the molecule is CCN(CC)S(=O)(=O)c1ccc2c(c1)CCN2CC(=O)NCC(=O)Nc1ccc(F)c(F)c1F. The lowest BCUT2D eigenvalue weighted by molar-refractivity contribution is -0.123. The summed E-state index contributed by atoms with van der Waals surface area (Å²) in [5.74, 6) is -5.93. The van der Waals surface area contributed by atoms with Crippen molar-refractivity contribution in [3.05, 3.63) is 53.3 Å². The van der Waals surface area contributed by atoms with Gasteiger partial charge in [-0.2, -0.15) is 4.31 Å². The van der Waals surface area contributed by atoms with Gasteiger partial charge in [0.15, 0.2) is 17.5 Å². The molecule has 2 N–H and O–H groups in total. The second-order valence-corrected chi connectivity index (χ2v) is 9.54. The number of nitrogens with one attached hydrogen (secondary N) is 2. The maximum Gasteiger partial charge on any atom is 0.243 e. The van der Waals surface area contributed by atoms with Crippen LogP contribution in [0.25, 0.3) is 0 Å². The minimum Gasteiger partial charge on any atom is -0.362 e. The molecule has 3 rings (SSSR count). The monoisotopic (exact) mass is 498 g/mol. The Morgan fingerprint density at radius 2 is 1.74 bits per heavy atom. The van der Waals surface area contributed by atoms with Crippen molar-refractivity contribution < 1.29 is 31.2 Å². The molecule has 34 heavy (non-hydrogen) atoms. The number of anilines is 2. The lowest BCUT2D eigenvalue weighted by Crippen LogP contribution is -2.40. The van der Waals surface area contributed by atoms with E-state index in [1.807, 2.05) is 0 Å². The fourth-order valence-corrected chi connectivity index (χ4v) is 5.22. The van der Waals surface area contributed by atoms with E-state index in [1.165, 1.54) is 10.4 Å². The first-order chi connectivity index (χ1) is 16.1. The Balaban J connectivity index is 1.58. The number of carbonyl (C=O) groups is 2. The fourth-order valence-electron chi connectivity index (χ4n) is 3.71. The second kappa shape index (κ2) is 10.4. The number of halogens is 3. The number of nitrogens with zero attached hydrogens (tertiary/aromatic N) is 2. The zero-order valence-electron chi connectivity index (χ0n) is 18.7. The molecule has 0 aliphatic carbocycles. The zero-order valence-corrected chi connectivity index (χ0v) is 19.5. The van der Waals surface area contributed by atoms with Gasteiger partial charge in [-0.15, -0.1) is 0 Å². The molecule has 0 atom stereocenters. The molecule has 0 fully saturated rings. The van der Waals surface area contributed by atoms with Crippen LogP contribution in [-0.4, -0.2) is 57.3 Å². The minimum absolute atomic E-state index is 0.0814. The van der Waals surface area contributed by atoms with Gasteiger partial charge in [-0.25, -0.2) is 21.6 Å². The minimum atomic E-state index is -3.60. The largest absolute Gasteiger partial charge is 0.362 e. The van der Waals surface area contributed by atoms with Gasteiger partial charge >= 0.3 is 0 Å². The molecule has 0 saturated carbocycles. The van der Waals surface area contributed by atoms with Gasteiger partial charge in [-0.3, -0.25) is 9.59 Å². The molecule has 8 nitrogen and oxygen atoms in total. The molecule has 2 aromatic carbocycles. The van der Waals surface area contributed by atoms with Crippen LogP contribution >= 0.6 is 0 Å². The summed E-state index contributed by atoms with van der Waals surface area (Å²) in [6.07, 6.45) is 0.556. The van der Waals surface area contributed by atoms with Crippen LogP contribution in [0.2, 0.25) is 0 Å². The van der Waals surface area contributed by atoms with Crippen molar-refractivity contribution in [2.75, 3.05) is 42.9 Å². The van der Waals surface area contributed by atoms with Crippen molar-refractivity contribution >= 4 is 33.2 Å². The summed E-state index contributed by atoms with van der Waals surface area (Å²) in [6, 6.07) is 6.33. The van der Waals surface area contributed by atoms with E-state index in [0.29, 0.717) is 32.1 Å². The van der Waals surface area contributed by atoms with Crippen LogP contribution in [0.1, 0.15) is 19.4 Å². The smallest absolute Gasteiger partial charge is 0.243 e. The first-order valence-corrected chi connectivity index (χ1v) is 12.1. The van der Waals surface area contributed by atoms with Crippen molar-refractivity contribution in [1.82, 2.24) is 9.62 Å². The van der Waals surface area contributed by atoms with E-state index in [2.05, 4.69) is 10.6 Å². The highest BCUT2D eigenvalue weighted by Crippen LogP contribution is 2.31. The molecular weight excluding hydrogens is 473 g/mol. The molecule has 0 unspecified atom stereocenters. The lowest BCUT2D eigenvalue weighted by atomic mass is 10.2. The van der Waals surface area contributed by atoms with E-state index < -0.39 is 51.5 Å². The van der Waals surface area contributed by atoms with Crippen LogP contribution in [0.3, 0.4) is 0 Å². The number of carbonyl (C=O) groups excluding carboxylic acids is 2. The summed E-state index contributed by atoms with van der Waals surface area (Å²) in [6.45, 7) is 4.16. The Morgan fingerprint density at radius 3 is 2.41 bits per heavy atom. The highest BCUT2D eigenvalue weighted by molar-refractivity contribution is 7.89. The van der Waals surface area contributed by atoms with E-state index in [9.17, 15) is 31.2 Å². The molecule has 0 radical (unpaired) electrons. The third-order valence-corrected chi connectivity index (χ3v) is 7.52. The zero-order chi connectivity index (χ0) is 25.0. The third kappa shape index (κ3) is 5.33.